The predicted octanol–water partition coefficient (Wildman–Crippen LogP) is 4.63. The lowest BCUT2D eigenvalue weighted by Crippen LogP contribution is -2.31. The van der Waals surface area contributed by atoms with Gasteiger partial charge in [0.05, 0.1) is 13.2 Å². The maximum absolute atomic E-state index is 11.4. The van der Waals surface area contributed by atoms with Gasteiger partial charge in [-0.2, -0.15) is 0 Å². The standard InChI is InChI=1S/C16H16ClN5O.C7H7ClO/c17-12-1-2-14(18)13(6-12)10-3-4-22(9-23)15(5-10)11-7-20-16(19)21-8-11;1-9-7-4-2-6(8)3-5-7/h1-2,5-9,15H,3-4,18H2,(H2,19,20,21);2-5H,1H3. The summed E-state index contributed by atoms with van der Waals surface area (Å²) in [6, 6.07) is 12.4. The zero-order valence-corrected chi connectivity index (χ0v) is 18.9. The SMILES string of the molecule is COc1ccc(Cl)cc1.Nc1ncc(C2C=C(c3cc(Cl)ccc3N)CCN2C=O)cn1. The molecule has 9 heteroatoms. The molecule has 2 aromatic carbocycles. The van der Waals surface area contributed by atoms with Gasteiger partial charge < -0.3 is 21.1 Å². The quantitative estimate of drug-likeness (QED) is 0.424. The van der Waals surface area contributed by atoms with E-state index in [1.54, 1.807) is 48.7 Å². The van der Waals surface area contributed by atoms with Crippen LogP contribution < -0.4 is 16.2 Å². The monoisotopic (exact) mass is 471 g/mol. The number of benzene rings is 2. The number of methoxy groups -OCH3 is 1. The summed E-state index contributed by atoms with van der Waals surface area (Å²) in [5.41, 5.74) is 15.0. The first kappa shape index (κ1) is 23.4. The second-order valence-corrected chi connectivity index (χ2v) is 7.87. The van der Waals surface area contributed by atoms with Gasteiger partial charge in [0.1, 0.15) is 5.75 Å². The van der Waals surface area contributed by atoms with E-state index in [2.05, 4.69) is 9.97 Å². The van der Waals surface area contributed by atoms with Crippen LogP contribution in [0.15, 0.2) is 60.9 Å². The molecule has 1 atom stereocenters. The number of halogens is 2. The normalized spacial score (nSPS) is 15.3. The number of nitrogens with zero attached hydrogens (tertiary/aromatic N) is 3. The van der Waals surface area contributed by atoms with Gasteiger partial charge in [-0.25, -0.2) is 9.97 Å². The van der Waals surface area contributed by atoms with Crippen LogP contribution in [0.4, 0.5) is 11.6 Å². The number of nitrogen functional groups attached to an aromatic ring is 2. The van der Waals surface area contributed by atoms with Crippen molar-refractivity contribution in [3.05, 3.63) is 82.1 Å². The summed E-state index contributed by atoms with van der Waals surface area (Å²) in [5.74, 6) is 1.03. The van der Waals surface area contributed by atoms with Crippen molar-refractivity contribution in [2.24, 2.45) is 0 Å². The highest BCUT2D eigenvalue weighted by Gasteiger charge is 2.24. The van der Waals surface area contributed by atoms with E-state index in [1.165, 1.54) is 0 Å². The summed E-state index contributed by atoms with van der Waals surface area (Å²) >= 11 is 11.7. The molecule has 4 rings (SSSR count). The number of hydrogen-bond acceptors (Lipinski definition) is 6. The lowest BCUT2D eigenvalue weighted by atomic mass is 9.93. The minimum Gasteiger partial charge on any atom is -0.497 e. The van der Waals surface area contributed by atoms with E-state index in [-0.39, 0.29) is 12.0 Å². The van der Waals surface area contributed by atoms with Gasteiger partial charge in [0.25, 0.3) is 0 Å². The van der Waals surface area contributed by atoms with Crippen LogP contribution in [-0.2, 0) is 4.79 Å². The molecule has 0 bridgehead atoms. The van der Waals surface area contributed by atoms with Gasteiger partial charge in [0, 0.05) is 45.8 Å². The average Bonchev–Trinajstić information content (AvgIpc) is 2.82. The number of carbonyl (C=O) groups is 1. The molecular weight excluding hydrogens is 449 g/mol. The summed E-state index contributed by atoms with van der Waals surface area (Å²) in [7, 11) is 1.63. The molecule has 32 heavy (non-hydrogen) atoms. The van der Waals surface area contributed by atoms with Gasteiger partial charge in [0.2, 0.25) is 12.4 Å². The first-order chi connectivity index (χ1) is 15.4. The van der Waals surface area contributed by atoms with Gasteiger partial charge in [-0.15, -0.1) is 0 Å². The lowest BCUT2D eigenvalue weighted by molar-refractivity contribution is -0.119. The van der Waals surface area contributed by atoms with E-state index in [0.29, 0.717) is 23.7 Å². The summed E-state index contributed by atoms with van der Waals surface area (Å²) in [6.45, 7) is 0.580. The summed E-state index contributed by atoms with van der Waals surface area (Å²) < 4.78 is 4.91. The van der Waals surface area contributed by atoms with Crippen molar-refractivity contribution in [3.8, 4) is 5.75 Å². The van der Waals surface area contributed by atoms with Gasteiger partial charge in [-0.3, -0.25) is 4.79 Å². The average molecular weight is 472 g/mol. The number of carbonyl (C=O) groups excluding carboxylic acids is 1. The highest BCUT2D eigenvalue weighted by atomic mass is 35.5. The van der Waals surface area contributed by atoms with Crippen molar-refractivity contribution in [2.45, 2.75) is 12.5 Å². The van der Waals surface area contributed by atoms with Gasteiger partial charge in [-0.1, -0.05) is 29.3 Å². The molecule has 1 amide bonds. The van der Waals surface area contributed by atoms with Crippen LogP contribution >= 0.6 is 23.2 Å². The Balaban J connectivity index is 0.000000269. The number of ether oxygens (including phenoxy) is 1. The van der Waals surface area contributed by atoms with Crippen LogP contribution in [0, 0.1) is 0 Å². The van der Waals surface area contributed by atoms with E-state index in [9.17, 15) is 4.79 Å². The van der Waals surface area contributed by atoms with Crippen LogP contribution in [0.1, 0.15) is 23.6 Å². The fraction of sp³-hybridized carbons (Fsp3) is 0.174. The molecule has 1 unspecified atom stereocenters. The Kier molecular flexibility index (Phi) is 7.92. The number of amides is 1. The zero-order valence-electron chi connectivity index (χ0n) is 17.4. The molecule has 1 aliphatic rings. The number of rotatable bonds is 4. The van der Waals surface area contributed by atoms with Crippen molar-refractivity contribution in [3.63, 3.8) is 0 Å². The minimum absolute atomic E-state index is 0.200. The summed E-state index contributed by atoms with van der Waals surface area (Å²) in [4.78, 5) is 21.1. The molecule has 166 valence electrons. The molecule has 4 N–H and O–H groups in total. The smallest absolute Gasteiger partial charge is 0.219 e. The van der Waals surface area contributed by atoms with Crippen LogP contribution in [0.3, 0.4) is 0 Å². The zero-order chi connectivity index (χ0) is 23.1. The molecule has 0 spiro atoms. The fourth-order valence-electron chi connectivity index (χ4n) is 3.27. The van der Waals surface area contributed by atoms with Gasteiger partial charge in [-0.05, 0) is 54.5 Å². The van der Waals surface area contributed by atoms with Gasteiger partial charge in [0.15, 0.2) is 0 Å². The number of aromatic nitrogens is 2. The third-order valence-corrected chi connectivity index (χ3v) is 5.42. The number of hydrogen-bond donors (Lipinski definition) is 2. The molecule has 0 fully saturated rings. The third-order valence-electron chi connectivity index (χ3n) is 4.94. The molecule has 0 saturated heterocycles. The Labute approximate surface area is 196 Å². The second-order valence-electron chi connectivity index (χ2n) is 6.99. The number of anilines is 2. The second kappa shape index (κ2) is 10.8. The van der Waals surface area contributed by atoms with Crippen LogP contribution in [0.5, 0.6) is 5.75 Å². The Bertz CT molecular complexity index is 1090. The van der Waals surface area contributed by atoms with E-state index in [0.717, 1.165) is 33.9 Å². The molecule has 0 radical (unpaired) electrons. The topological polar surface area (TPSA) is 107 Å². The highest BCUT2D eigenvalue weighted by molar-refractivity contribution is 6.31. The maximum Gasteiger partial charge on any atom is 0.219 e. The highest BCUT2D eigenvalue weighted by Crippen LogP contribution is 2.35. The molecule has 7 nitrogen and oxygen atoms in total. The molecule has 0 aliphatic carbocycles. The molecule has 0 saturated carbocycles. The fourth-order valence-corrected chi connectivity index (χ4v) is 3.56. The summed E-state index contributed by atoms with van der Waals surface area (Å²) in [6.07, 6.45) is 6.79. The van der Waals surface area contributed by atoms with E-state index in [1.807, 2.05) is 24.3 Å². The van der Waals surface area contributed by atoms with Crippen molar-refractivity contribution in [1.29, 1.82) is 0 Å². The molecule has 2 heterocycles. The van der Waals surface area contributed by atoms with Crippen molar-refractivity contribution >= 4 is 46.8 Å². The Morgan fingerprint density at radius 2 is 1.72 bits per heavy atom. The lowest BCUT2D eigenvalue weighted by Gasteiger charge is -2.32. The van der Waals surface area contributed by atoms with E-state index in [4.69, 9.17) is 39.4 Å². The first-order valence-corrected chi connectivity index (χ1v) is 10.5. The molecule has 3 aromatic rings. The molecular formula is C23H23Cl2N5O2. The Hall–Kier alpha value is -3.29. The van der Waals surface area contributed by atoms with Crippen LogP contribution in [0.2, 0.25) is 10.0 Å². The third kappa shape index (κ3) is 5.90. The van der Waals surface area contributed by atoms with Crippen molar-refractivity contribution < 1.29 is 9.53 Å². The maximum atomic E-state index is 11.4. The number of nitrogens with two attached hydrogens (primary N) is 2. The van der Waals surface area contributed by atoms with Gasteiger partial charge >= 0.3 is 0 Å². The Morgan fingerprint density at radius 1 is 1.06 bits per heavy atom. The predicted molar refractivity (Wildman–Crippen MR) is 128 cm³/mol. The van der Waals surface area contributed by atoms with Crippen LogP contribution in [-0.4, -0.2) is 34.9 Å². The molecule has 1 aliphatic heterocycles. The van der Waals surface area contributed by atoms with Crippen molar-refractivity contribution in [1.82, 2.24) is 14.9 Å². The van der Waals surface area contributed by atoms with E-state index >= 15 is 0 Å². The van der Waals surface area contributed by atoms with Crippen molar-refractivity contribution in [2.75, 3.05) is 25.1 Å². The van der Waals surface area contributed by atoms with Crippen LogP contribution in [0.25, 0.3) is 5.57 Å². The summed E-state index contributed by atoms with van der Waals surface area (Å²) in [5, 5.41) is 1.36. The molecule has 1 aromatic heterocycles. The first-order valence-electron chi connectivity index (χ1n) is 9.75. The largest absolute Gasteiger partial charge is 0.497 e. The minimum atomic E-state index is -0.254. The Morgan fingerprint density at radius 3 is 2.34 bits per heavy atom. The van der Waals surface area contributed by atoms with E-state index < -0.39 is 0 Å².